The summed E-state index contributed by atoms with van der Waals surface area (Å²) in [5, 5.41) is 10.2. The Hall–Kier alpha value is -2.73. The van der Waals surface area contributed by atoms with Gasteiger partial charge in [-0.15, -0.1) is 11.3 Å². The normalized spacial score (nSPS) is 10.9. The lowest BCUT2D eigenvalue weighted by atomic mass is 10.2. The van der Waals surface area contributed by atoms with Crippen molar-refractivity contribution in [1.82, 2.24) is 0 Å². The number of hydrogen-bond acceptors (Lipinski definition) is 5. The monoisotopic (exact) mass is 372 g/mol. The van der Waals surface area contributed by atoms with E-state index < -0.39 is 5.97 Å². The molecule has 0 saturated carbocycles. The number of carboxylic acid groups (broad SMARTS) is 1. The van der Waals surface area contributed by atoms with Gasteiger partial charge in [0.2, 0.25) is 0 Å². The second kappa shape index (κ2) is 7.66. The van der Waals surface area contributed by atoms with Crippen LogP contribution in [-0.4, -0.2) is 24.3 Å². The molecule has 0 saturated heterocycles. The van der Waals surface area contributed by atoms with E-state index in [9.17, 15) is 9.90 Å². The first-order valence-corrected chi connectivity index (χ1v) is 9.02. The molecule has 0 atom stereocenters. The number of thiophene rings is 1. The van der Waals surface area contributed by atoms with Crippen molar-refractivity contribution in [3.63, 3.8) is 0 Å². The summed E-state index contributed by atoms with van der Waals surface area (Å²) in [4.78, 5) is 11.8. The van der Waals surface area contributed by atoms with E-state index in [1.807, 2.05) is 44.2 Å². The molecule has 3 rings (SSSR count). The second-order valence-corrected chi connectivity index (χ2v) is 7.06. The molecular weight excluding hydrogens is 352 g/mol. The zero-order valence-corrected chi connectivity index (χ0v) is 15.6. The number of ether oxygens (including phenoxy) is 3. The molecule has 0 aliphatic carbocycles. The number of aromatic carboxylic acids is 1. The third kappa shape index (κ3) is 3.75. The molecule has 0 amide bonds. The predicted octanol–water partition coefficient (Wildman–Crippen LogP) is 4.97. The molecule has 136 valence electrons. The van der Waals surface area contributed by atoms with E-state index in [0.717, 1.165) is 10.3 Å². The number of fused-ring (bicyclic) bond motifs is 1. The number of rotatable bonds is 7. The Balaban J connectivity index is 2.01. The summed E-state index contributed by atoms with van der Waals surface area (Å²) in [5.41, 5.74) is 1.04. The van der Waals surface area contributed by atoms with E-state index in [-0.39, 0.29) is 11.0 Å². The number of hydrogen-bond donors (Lipinski definition) is 1. The van der Waals surface area contributed by atoms with Gasteiger partial charge in [0.15, 0.2) is 22.1 Å². The average Bonchev–Trinajstić information content (AvgIpc) is 2.97. The number of carbonyl (C=O) groups is 1. The van der Waals surface area contributed by atoms with Gasteiger partial charge in [-0.25, -0.2) is 4.79 Å². The van der Waals surface area contributed by atoms with Gasteiger partial charge >= 0.3 is 5.97 Å². The third-order valence-electron chi connectivity index (χ3n) is 3.71. The van der Waals surface area contributed by atoms with Crippen molar-refractivity contribution in [3.8, 4) is 17.2 Å². The first kappa shape index (κ1) is 18.1. The van der Waals surface area contributed by atoms with Crippen molar-refractivity contribution in [3.05, 3.63) is 52.9 Å². The third-order valence-corrected chi connectivity index (χ3v) is 4.84. The van der Waals surface area contributed by atoms with Crippen LogP contribution in [0.3, 0.4) is 0 Å². The molecule has 0 aliphatic rings. The lowest BCUT2D eigenvalue weighted by Gasteiger charge is -2.13. The molecule has 1 aromatic heterocycles. The average molecular weight is 372 g/mol. The Morgan fingerprint density at radius 2 is 1.88 bits per heavy atom. The van der Waals surface area contributed by atoms with E-state index in [1.54, 1.807) is 19.2 Å². The molecular formula is C20H20O5S. The van der Waals surface area contributed by atoms with Crippen molar-refractivity contribution in [1.29, 1.82) is 0 Å². The molecule has 0 fully saturated rings. The molecule has 3 aromatic rings. The van der Waals surface area contributed by atoms with E-state index in [1.165, 1.54) is 11.3 Å². The Labute approximate surface area is 155 Å². The Morgan fingerprint density at radius 3 is 2.50 bits per heavy atom. The summed E-state index contributed by atoms with van der Waals surface area (Å²) in [5.74, 6) is 0.475. The molecule has 0 bridgehead atoms. The van der Waals surface area contributed by atoms with Crippen molar-refractivity contribution in [2.24, 2.45) is 0 Å². The Bertz CT molecular complexity index is 915. The molecule has 0 unspecified atom stereocenters. The lowest BCUT2D eigenvalue weighted by Crippen LogP contribution is -2.08. The highest BCUT2D eigenvalue weighted by molar-refractivity contribution is 7.21. The van der Waals surface area contributed by atoms with Crippen LogP contribution in [0.4, 0.5) is 0 Å². The van der Waals surface area contributed by atoms with Crippen LogP contribution >= 0.6 is 11.3 Å². The number of methoxy groups -OCH3 is 1. The topological polar surface area (TPSA) is 65.0 Å². The van der Waals surface area contributed by atoms with Gasteiger partial charge in [-0.3, -0.25) is 0 Å². The first-order chi connectivity index (χ1) is 12.5. The fourth-order valence-corrected chi connectivity index (χ4v) is 3.57. The summed E-state index contributed by atoms with van der Waals surface area (Å²) in [6, 6.07) is 13.4. The van der Waals surface area contributed by atoms with Crippen LogP contribution in [0.15, 0.2) is 42.5 Å². The van der Waals surface area contributed by atoms with Gasteiger partial charge in [-0.05, 0) is 25.5 Å². The molecule has 0 aliphatic heterocycles. The summed E-state index contributed by atoms with van der Waals surface area (Å²) < 4.78 is 17.9. The minimum Gasteiger partial charge on any atom is -0.493 e. The van der Waals surface area contributed by atoms with E-state index in [2.05, 4.69) is 0 Å². The largest absolute Gasteiger partial charge is 0.493 e. The molecule has 1 heterocycles. The first-order valence-electron chi connectivity index (χ1n) is 8.20. The molecule has 2 aromatic carbocycles. The fourth-order valence-electron chi connectivity index (χ4n) is 2.58. The summed E-state index contributed by atoms with van der Waals surface area (Å²) in [7, 11) is 1.56. The van der Waals surface area contributed by atoms with Crippen LogP contribution in [0.25, 0.3) is 10.1 Å². The Kier molecular flexibility index (Phi) is 5.32. The predicted molar refractivity (Wildman–Crippen MR) is 102 cm³/mol. The Morgan fingerprint density at radius 1 is 1.15 bits per heavy atom. The highest BCUT2D eigenvalue weighted by Gasteiger charge is 2.22. The number of carboxylic acids is 1. The zero-order valence-electron chi connectivity index (χ0n) is 14.8. The van der Waals surface area contributed by atoms with E-state index >= 15 is 0 Å². The van der Waals surface area contributed by atoms with Gasteiger partial charge in [0, 0.05) is 16.2 Å². The van der Waals surface area contributed by atoms with Crippen LogP contribution in [0.2, 0.25) is 0 Å². The standard InChI is InChI=1S/C20H20O5S/c1-12(2)25-18-14-9-15(23-3)16(10-17(14)26-19(18)20(21)22)24-11-13-7-5-4-6-8-13/h4-10,12H,11H2,1-3H3,(H,21,22). The number of benzene rings is 2. The highest BCUT2D eigenvalue weighted by atomic mass is 32.1. The minimum atomic E-state index is -1.01. The molecule has 0 spiro atoms. The second-order valence-electron chi connectivity index (χ2n) is 6.01. The molecule has 6 heteroatoms. The zero-order chi connectivity index (χ0) is 18.7. The quantitative estimate of drug-likeness (QED) is 0.634. The van der Waals surface area contributed by atoms with Crippen molar-refractivity contribution >= 4 is 27.4 Å². The summed E-state index contributed by atoms with van der Waals surface area (Å²) >= 11 is 1.17. The van der Waals surface area contributed by atoms with Gasteiger partial charge in [0.05, 0.1) is 13.2 Å². The lowest BCUT2D eigenvalue weighted by molar-refractivity contribution is 0.0697. The summed E-state index contributed by atoms with van der Waals surface area (Å²) in [6.07, 6.45) is -0.133. The van der Waals surface area contributed by atoms with Crippen LogP contribution in [0.5, 0.6) is 17.2 Å². The van der Waals surface area contributed by atoms with Crippen molar-refractivity contribution in [2.75, 3.05) is 7.11 Å². The van der Waals surface area contributed by atoms with Gasteiger partial charge in [0.25, 0.3) is 0 Å². The maximum atomic E-state index is 11.6. The summed E-state index contributed by atoms with van der Waals surface area (Å²) in [6.45, 7) is 4.13. The SMILES string of the molecule is COc1cc2c(OC(C)C)c(C(=O)O)sc2cc1OCc1ccccc1. The molecule has 5 nitrogen and oxygen atoms in total. The minimum absolute atomic E-state index is 0.133. The molecule has 26 heavy (non-hydrogen) atoms. The maximum Gasteiger partial charge on any atom is 0.349 e. The van der Waals surface area contributed by atoms with Crippen molar-refractivity contribution < 1.29 is 24.1 Å². The van der Waals surface area contributed by atoms with E-state index in [0.29, 0.717) is 29.2 Å². The maximum absolute atomic E-state index is 11.6. The van der Waals surface area contributed by atoms with Crippen LogP contribution in [0, 0.1) is 0 Å². The van der Waals surface area contributed by atoms with Crippen molar-refractivity contribution in [2.45, 2.75) is 26.6 Å². The van der Waals surface area contributed by atoms with Crippen LogP contribution in [-0.2, 0) is 6.61 Å². The van der Waals surface area contributed by atoms with Gasteiger partial charge in [0.1, 0.15) is 6.61 Å². The fraction of sp³-hybridized carbons (Fsp3) is 0.250. The van der Waals surface area contributed by atoms with Crippen LogP contribution < -0.4 is 14.2 Å². The van der Waals surface area contributed by atoms with Gasteiger partial charge in [-0.1, -0.05) is 30.3 Å². The highest BCUT2D eigenvalue weighted by Crippen LogP contribution is 2.44. The van der Waals surface area contributed by atoms with Crippen LogP contribution in [0.1, 0.15) is 29.1 Å². The smallest absolute Gasteiger partial charge is 0.349 e. The molecule has 0 radical (unpaired) electrons. The van der Waals surface area contributed by atoms with Gasteiger partial charge in [-0.2, -0.15) is 0 Å². The van der Waals surface area contributed by atoms with E-state index in [4.69, 9.17) is 14.2 Å². The van der Waals surface area contributed by atoms with Gasteiger partial charge < -0.3 is 19.3 Å². The molecule has 1 N–H and O–H groups in total.